The topological polar surface area (TPSA) is 63.1 Å². The molecular formula is C27H26FN3O2S. The van der Waals surface area contributed by atoms with Crippen LogP contribution in [-0.2, 0) is 17.9 Å². The molecule has 5 nitrogen and oxygen atoms in total. The maximum atomic E-state index is 13.0. The van der Waals surface area contributed by atoms with Crippen molar-refractivity contribution in [2.75, 3.05) is 12.3 Å². The number of halogens is 1. The summed E-state index contributed by atoms with van der Waals surface area (Å²) in [5, 5.41) is 6.94. The van der Waals surface area contributed by atoms with E-state index in [2.05, 4.69) is 15.2 Å². The van der Waals surface area contributed by atoms with E-state index in [1.807, 2.05) is 61.7 Å². The number of rotatable bonds is 9. The van der Waals surface area contributed by atoms with Crippen LogP contribution < -0.4 is 10.6 Å². The van der Waals surface area contributed by atoms with Gasteiger partial charge in [-0.1, -0.05) is 48.5 Å². The summed E-state index contributed by atoms with van der Waals surface area (Å²) in [6.45, 7) is 3.40. The summed E-state index contributed by atoms with van der Waals surface area (Å²) in [5.41, 5.74) is 3.54. The molecule has 7 heteroatoms. The van der Waals surface area contributed by atoms with Crippen molar-refractivity contribution in [3.8, 4) is 0 Å². The molecule has 0 spiro atoms. The van der Waals surface area contributed by atoms with E-state index in [9.17, 15) is 14.0 Å². The lowest BCUT2D eigenvalue weighted by Gasteiger charge is -2.09. The summed E-state index contributed by atoms with van der Waals surface area (Å²) in [6.07, 6.45) is 2.03. The predicted octanol–water partition coefficient (Wildman–Crippen LogP) is 4.93. The molecule has 0 unspecified atom stereocenters. The quantitative estimate of drug-likeness (QED) is 0.338. The van der Waals surface area contributed by atoms with Gasteiger partial charge >= 0.3 is 0 Å². The lowest BCUT2D eigenvalue weighted by Crippen LogP contribution is -2.27. The third kappa shape index (κ3) is 5.85. The standard InChI is InChI=1S/C27H26FN3O2S/c1-19-6-2-3-7-22(19)27(33)29-14-15-31-17-25(23-8-4-5-9-24(23)31)34-18-26(32)30-16-20-10-12-21(28)13-11-20/h2-13,17H,14-16,18H2,1H3,(H,29,33)(H,30,32). The molecule has 1 heterocycles. The number of hydrogen-bond donors (Lipinski definition) is 2. The molecule has 0 radical (unpaired) electrons. The van der Waals surface area contributed by atoms with Gasteiger partial charge in [-0.15, -0.1) is 11.8 Å². The Kier molecular flexibility index (Phi) is 7.65. The molecule has 2 amide bonds. The summed E-state index contributed by atoms with van der Waals surface area (Å²) in [7, 11) is 0. The summed E-state index contributed by atoms with van der Waals surface area (Å²) in [5.74, 6) is -0.186. The molecule has 2 N–H and O–H groups in total. The average molecular weight is 476 g/mol. The Morgan fingerprint density at radius 1 is 0.941 bits per heavy atom. The van der Waals surface area contributed by atoms with Crippen LogP contribution in [0.4, 0.5) is 4.39 Å². The smallest absolute Gasteiger partial charge is 0.251 e. The molecule has 1 aromatic heterocycles. The largest absolute Gasteiger partial charge is 0.351 e. The highest BCUT2D eigenvalue weighted by Gasteiger charge is 2.12. The van der Waals surface area contributed by atoms with Crippen molar-refractivity contribution >= 4 is 34.5 Å². The van der Waals surface area contributed by atoms with E-state index in [0.717, 1.165) is 26.9 Å². The van der Waals surface area contributed by atoms with Gasteiger partial charge in [-0.3, -0.25) is 9.59 Å². The molecule has 0 fully saturated rings. The molecule has 4 aromatic rings. The average Bonchev–Trinajstić information content (AvgIpc) is 3.20. The summed E-state index contributed by atoms with van der Waals surface area (Å²) >= 11 is 1.47. The second-order valence-corrected chi connectivity index (χ2v) is 8.98. The Labute approximate surface area is 202 Å². The molecule has 3 aromatic carbocycles. The monoisotopic (exact) mass is 475 g/mol. The number of carbonyl (C=O) groups is 2. The van der Waals surface area contributed by atoms with Gasteiger partial charge in [-0.05, 0) is 42.3 Å². The Hall–Kier alpha value is -3.58. The Balaban J connectivity index is 1.34. The summed E-state index contributed by atoms with van der Waals surface area (Å²) in [6, 6.07) is 21.7. The minimum absolute atomic E-state index is 0.0815. The fourth-order valence-corrected chi connectivity index (χ4v) is 4.64. The van der Waals surface area contributed by atoms with E-state index < -0.39 is 0 Å². The summed E-state index contributed by atoms with van der Waals surface area (Å²) < 4.78 is 15.1. The van der Waals surface area contributed by atoms with Crippen molar-refractivity contribution in [1.82, 2.24) is 15.2 Å². The molecule has 34 heavy (non-hydrogen) atoms. The van der Waals surface area contributed by atoms with Gasteiger partial charge in [-0.2, -0.15) is 0 Å². The lowest BCUT2D eigenvalue weighted by molar-refractivity contribution is -0.118. The maximum Gasteiger partial charge on any atom is 0.251 e. The normalized spacial score (nSPS) is 10.9. The fourth-order valence-electron chi connectivity index (χ4n) is 3.72. The van der Waals surface area contributed by atoms with Gasteiger partial charge in [0.1, 0.15) is 5.82 Å². The van der Waals surface area contributed by atoms with Crippen LogP contribution >= 0.6 is 11.8 Å². The number of fused-ring (bicyclic) bond motifs is 1. The van der Waals surface area contributed by atoms with Gasteiger partial charge in [0.2, 0.25) is 5.91 Å². The van der Waals surface area contributed by atoms with Gasteiger partial charge in [0, 0.05) is 47.2 Å². The van der Waals surface area contributed by atoms with Crippen molar-refractivity contribution in [2.24, 2.45) is 0 Å². The highest BCUT2D eigenvalue weighted by atomic mass is 32.2. The second-order valence-electron chi connectivity index (χ2n) is 7.97. The number of hydrogen-bond acceptors (Lipinski definition) is 3. The molecule has 0 atom stereocenters. The molecule has 0 aliphatic carbocycles. The number of benzene rings is 3. The van der Waals surface area contributed by atoms with Crippen LogP contribution in [0.2, 0.25) is 0 Å². The van der Waals surface area contributed by atoms with Crippen molar-refractivity contribution < 1.29 is 14.0 Å². The minimum Gasteiger partial charge on any atom is -0.351 e. The van der Waals surface area contributed by atoms with E-state index >= 15 is 0 Å². The molecule has 0 saturated carbocycles. The highest BCUT2D eigenvalue weighted by Crippen LogP contribution is 2.29. The van der Waals surface area contributed by atoms with E-state index in [0.29, 0.717) is 25.2 Å². The predicted molar refractivity (Wildman–Crippen MR) is 134 cm³/mol. The van der Waals surface area contributed by atoms with Crippen LogP contribution in [0.15, 0.2) is 83.9 Å². The number of nitrogens with zero attached hydrogens (tertiary/aromatic N) is 1. The highest BCUT2D eigenvalue weighted by molar-refractivity contribution is 8.00. The summed E-state index contributed by atoms with van der Waals surface area (Å²) in [4.78, 5) is 25.9. The number of aromatic nitrogens is 1. The number of amides is 2. The van der Waals surface area contributed by atoms with E-state index in [1.54, 1.807) is 12.1 Å². The van der Waals surface area contributed by atoms with Gasteiger partial charge in [0.05, 0.1) is 5.75 Å². The molecule has 0 bridgehead atoms. The fraction of sp³-hybridized carbons (Fsp3) is 0.185. The van der Waals surface area contributed by atoms with Crippen molar-refractivity contribution in [2.45, 2.75) is 24.9 Å². The van der Waals surface area contributed by atoms with E-state index in [-0.39, 0.29) is 23.4 Å². The molecular weight excluding hydrogens is 449 g/mol. The number of aryl methyl sites for hydroxylation is 1. The van der Waals surface area contributed by atoms with Crippen LogP contribution in [0.3, 0.4) is 0 Å². The van der Waals surface area contributed by atoms with Gasteiger partial charge < -0.3 is 15.2 Å². The Morgan fingerprint density at radius 3 is 2.47 bits per heavy atom. The van der Waals surface area contributed by atoms with Crippen molar-refractivity contribution in [3.63, 3.8) is 0 Å². The third-order valence-corrected chi connectivity index (χ3v) is 6.58. The van der Waals surface area contributed by atoms with Crippen molar-refractivity contribution in [1.29, 1.82) is 0 Å². The van der Waals surface area contributed by atoms with Gasteiger partial charge in [0.15, 0.2) is 0 Å². The number of thioether (sulfide) groups is 1. The van der Waals surface area contributed by atoms with Crippen LogP contribution in [0.1, 0.15) is 21.5 Å². The zero-order valence-electron chi connectivity index (χ0n) is 18.9. The van der Waals surface area contributed by atoms with Crippen LogP contribution in [-0.4, -0.2) is 28.7 Å². The number of para-hydroxylation sites is 1. The zero-order valence-corrected chi connectivity index (χ0v) is 19.7. The minimum atomic E-state index is -0.295. The lowest BCUT2D eigenvalue weighted by atomic mass is 10.1. The van der Waals surface area contributed by atoms with Crippen LogP contribution in [0.5, 0.6) is 0 Å². The van der Waals surface area contributed by atoms with E-state index in [1.165, 1.54) is 23.9 Å². The SMILES string of the molecule is Cc1ccccc1C(=O)NCCn1cc(SCC(=O)NCc2ccc(F)cc2)c2ccccc21. The molecule has 0 aliphatic heterocycles. The first-order valence-electron chi connectivity index (χ1n) is 11.1. The number of nitrogens with one attached hydrogen (secondary N) is 2. The molecule has 0 saturated heterocycles. The molecule has 174 valence electrons. The first kappa shape index (κ1) is 23.6. The first-order chi connectivity index (χ1) is 16.5. The second kappa shape index (κ2) is 11.0. The maximum absolute atomic E-state index is 13.0. The molecule has 4 rings (SSSR count). The molecule has 0 aliphatic rings. The number of carbonyl (C=O) groups excluding carboxylic acids is 2. The zero-order chi connectivity index (χ0) is 23.9. The van der Waals surface area contributed by atoms with Crippen LogP contribution in [0.25, 0.3) is 10.9 Å². The van der Waals surface area contributed by atoms with Crippen molar-refractivity contribution in [3.05, 3.63) is 102 Å². The van der Waals surface area contributed by atoms with E-state index in [4.69, 9.17) is 0 Å². The third-order valence-electron chi connectivity index (χ3n) is 5.54. The first-order valence-corrected chi connectivity index (χ1v) is 12.1. The van der Waals surface area contributed by atoms with Gasteiger partial charge in [0.25, 0.3) is 5.91 Å². The Bertz CT molecular complexity index is 1300. The van der Waals surface area contributed by atoms with Gasteiger partial charge in [-0.25, -0.2) is 4.39 Å². The Morgan fingerprint density at radius 2 is 1.68 bits per heavy atom. The van der Waals surface area contributed by atoms with Crippen LogP contribution in [0, 0.1) is 12.7 Å².